The van der Waals surface area contributed by atoms with Crippen LogP contribution in [0.4, 0.5) is 0 Å². The predicted octanol–water partition coefficient (Wildman–Crippen LogP) is 14.3. The predicted molar refractivity (Wildman–Crippen MR) is 226 cm³/mol. The zero-order chi connectivity index (χ0) is 35.8. The van der Waals surface area contributed by atoms with Crippen LogP contribution >= 0.6 is 0 Å². The molecule has 54 heavy (non-hydrogen) atoms. The molecule has 0 saturated carbocycles. The van der Waals surface area contributed by atoms with E-state index in [9.17, 15) is 0 Å². The normalized spacial score (nSPS) is 11.3. The second-order valence-electron chi connectivity index (χ2n) is 13.6. The van der Waals surface area contributed by atoms with Gasteiger partial charge in [0.05, 0.1) is 0 Å². The van der Waals surface area contributed by atoms with Crippen molar-refractivity contribution in [1.82, 2.24) is 0 Å². The summed E-state index contributed by atoms with van der Waals surface area (Å²) < 4.78 is 0. The van der Waals surface area contributed by atoms with Crippen molar-refractivity contribution < 1.29 is 9.78 Å². The van der Waals surface area contributed by atoms with E-state index < -0.39 is 0 Å². The van der Waals surface area contributed by atoms with E-state index in [0.29, 0.717) is 11.5 Å². The molecule has 10 aromatic carbocycles. The highest BCUT2D eigenvalue weighted by Crippen LogP contribution is 2.49. The largest absolute Gasteiger partial charge is 0.289 e. The van der Waals surface area contributed by atoms with Gasteiger partial charge in [-0.3, -0.25) is 9.78 Å². The van der Waals surface area contributed by atoms with Crippen molar-refractivity contribution >= 4 is 43.1 Å². The van der Waals surface area contributed by atoms with Gasteiger partial charge in [0, 0.05) is 21.9 Å². The van der Waals surface area contributed by atoms with Gasteiger partial charge in [0.2, 0.25) is 0 Å². The Balaban J connectivity index is 1.24. The van der Waals surface area contributed by atoms with Crippen LogP contribution in [0.3, 0.4) is 0 Å². The van der Waals surface area contributed by atoms with Gasteiger partial charge in [0.25, 0.3) is 0 Å². The number of benzene rings is 10. The van der Waals surface area contributed by atoms with Crippen LogP contribution in [-0.2, 0) is 0 Å². The molecule has 0 aliphatic carbocycles. The number of fused-ring (bicyclic) bond motifs is 4. The Morgan fingerprint density at radius 1 is 0.204 bits per heavy atom. The van der Waals surface area contributed by atoms with Gasteiger partial charge < -0.3 is 0 Å². The molecular formula is C52H34O2. The molecule has 10 aromatic rings. The van der Waals surface area contributed by atoms with E-state index in [-0.39, 0.29) is 0 Å². The fraction of sp³-hybridized carbons (Fsp3) is 0. The molecule has 0 atom stereocenters. The fourth-order valence-electron chi connectivity index (χ4n) is 8.26. The van der Waals surface area contributed by atoms with Gasteiger partial charge in [-0.2, -0.15) is 0 Å². The van der Waals surface area contributed by atoms with Crippen LogP contribution < -0.4 is 9.78 Å². The van der Waals surface area contributed by atoms with Crippen LogP contribution in [0.5, 0.6) is 11.5 Å². The van der Waals surface area contributed by atoms with Crippen molar-refractivity contribution in [2.24, 2.45) is 0 Å². The third kappa shape index (κ3) is 5.27. The topological polar surface area (TPSA) is 18.5 Å². The van der Waals surface area contributed by atoms with Crippen LogP contribution in [0.15, 0.2) is 206 Å². The van der Waals surface area contributed by atoms with E-state index in [1.807, 2.05) is 12.1 Å². The first-order valence-corrected chi connectivity index (χ1v) is 18.4. The Kier molecular flexibility index (Phi) is 7.85. The molecule has 0 aromatic heterocycles. The Hall–Kier alpha value is -7.16. The van der Waals surface area contributed by atoms with Crippen LogP contribution in [0, 0.1) is 0 Å². The molecule has 0 aliphatic rings. The summed E-state index contributed by atoms with van der Waals surface area (Å²) in [5.74, 6) is 1.30. The maximum Gasteiger partial charge on any atom is 0.187 e. The molecule has 0 saturated heterocycles. The smallest absolute Gasteiger partial charge is 0.187 e. The van der Waals surface area contributed by atoms with Crippen molar-refractivity contribution in [3.8, 4) is 56.0 Å². The summed E-state index contributed by atoms with van der Waals surface area (Å²) in [5, 5.41) is 8.88. The fourth-order valence-corrected chi connectivity index (χ4v) is 8.26. The van der Waals surface area contributed by atoms with Crippen LogP contribution in [0.25, 0.3) is 87.6 Å². The molecule has 0 radical (unpaired) electrons. The highest BCUT2D eigenvalue weighted by atomic mass is 17.2. The van der Waals surface area contributed by atoms with Gasteiger partial charge in [-0.05, 0) is 77.8 Å². The summed E-state index contributed by atoms with van der Waals surface area (Å²) in [6.07, 6.45) is 0. The molecule has 0 bridgehead atoms. The zero-order valence-electron chi connectivity index (χ0n) is 29.4. The molecule has 0 heterocycles. The molecule has 0 amide bonds. The number of rotatable bonds is 7. The summed E-state index contributed by atoms with van der Waals surface area (Å²) in [6.45, 7) is 0. The highest BCUT2D eigenvalue weighted by Gasteiger charge is 2.23. The first kappa shape index (κ1) is 31.6. The van der Waals surface area contributed by atoms with E-state index >= 15 is 0 Å². The quantitative estimate of drug-likeness (QED) is 0.0941. The maximum absolute atomic E-state index is 6.66. The molecule has 0 unspecified atom stereocenters. The average molecular weight is 691 g/mol. The van der Waals surface area contributed by atoms with Crippen molar-refractivity contribution in [3.63, 3.8) is 0 Å². The van der Waals surface area contributed by atoms with E-state index in [1.165, 1.54) is 21.9 Å². The summed E-state index contributed by atoms with van der Waals surface area (Å²) in [5.41, 5.74) is 9.09. The van der Waals surface area contributed by atoms with Gasteiger partial charge in [-0.15, -0.1) is 0 Å². The minimum Gasteiger partial charge on any atom is -0.289 e. The van der Waals surface area contributed by atoms with Crippen LogP contribution in [0.2, 0.25) is 0 Å². The summed E-state index contributed by atoms with van der Waals surface area (Å²) in [7, 11) is 0. The molecule has 0 spiro atoms. The van der Waals surface area contributed by atoms with Crippen molar-refractivity contribution in [3.05, 3.63) is 206 Å². The SMILES string of the molecule is c1ccc(-c2c3ccccc3c(-c3ccccc3)c3c(OOc4cccc5c(-c6ccccc6)c6ccccc6c(-c6ccccc6)c45)cccc23)cc1. The molecule has 0 aliphatic heterocycles. The van der Waals surface area contributed by atoms with Gasteiger partial charge >= 0.3 is 0 Å². The third-order valence-corrected chi connectivity index (χ3v) is 10.5. The summed E-state index contributed by atoms with van der Waals surface area (Å²) in [6, 6.07) is 72.4. The van der Waals surface area contributed by atoms with Crippen molar-refractivity contribution in [2.45, 2.75) is 0 Å². The lowest BCUT2D eigenvalue weighted by Crippen LogP contribution is -2.03. The first-order chi connectivity index (χ1) is 26.8. The standard InChI is InChI=1S/C52H34O2/c1-5-19-35(20-6-1)47-39-27-13-15-29-41(39)49(37-23-9-3-10-24-37)51-43(47)31-17-33-45(51)53-54-46-34-18-32-44-48(36-21-7-2-8-22-36)40-28-14-16-30-42(40)50(52(44)46)38-25-11-4-12-26-38/h1-34H. The zero-order valence-corrected chi connectivity index (χ0v) is 29.4. The lowest BCUT2D eigenvalue weighted by atomic mass is 9.85. The Labute approximate surface area is 314 Å². The van der Waals surface area contributed by atoms with Crippen molar-refractivity contribution in [1.29, 1.82) is 0 Å². The second-order valence-corrected chi connectivity index (χ2v) is 13.6. The molecule has 254 valence electrons. The average Bonchev–Trinajstić information content (AvgIpc) is 3.25. The summed E-state index contributed by atoms with van der Waals surface area (Å²) in [4.78, 5) is 13.3. The molecule has 2 nitrogen and oxygen atoms in total. The number of hydrogen-bond acceptors (Lipinski definition) is 2. The van der Waals surface area contributed by atoms with Gasteiger partial charge in [0.1, 0.15) is 0 Å². The van der Waals surface area contributed by atoms with Gasteiger partial charge in [-0.25, -0.2) is 0 Å². The van der Waals surface area contributed by atoms with Crippen molar-refractivity contribution in [2.75, 3.05) is 0 Å². The lowest BCUT2D eigenvalue weighted by Gasteiger charge is -2.21. The summed E-state index contributed by atoms with van der Waals surface area (Å²) >= 11 is 0. The molecular weight excluding hydrogens is 657 g/mol. The minimum atomic E-state index is 0.650. The Bertz CT molecular complexity index is 2750. The van der Waals surface area contributed by atoms with E-state index in [4.69, 9.17) is 9.78 Å². The monoisotopic (exact) mass is 690 g/mol. The highest BCUT2D eigenvalue weighted by molar-refractivity contribution is 6.24. The molecule has 10 rings (SSSR count). The van der Waals surface area contributed by atoms with E-state index in [2.05, 4.69) is 194 Å². The van der Waals surface area contributed by atoms with Gasteiger partial charge in [-0.1, -0.05) is 194 Å². The maximum atomic E-state index is 6.66. The molecule has 2 heteroatoms. The molecule has 0 fully saturated rings. The Morgan fingerprint density at radius 2 is 0.463 bits per heavy atom. The van der Waals surface area contributed by atoms with Crippen LogP contribution in [0.1, 0.15) is 0 Å². The first-order valence-electron chi connectivity index (χ1n) is 18.4. The molecule has 0 N–H and O–H groups in total. The second kappa shape index (κ2) is 13.4. The van der Waals surface area contributed by atoms with E-state index in [0.717, 1.165) is 65.7 Å². The minimum absolute atomic E-state index is 0.650. The third-order valence-electron chi connectivity index (χ3n) is 10.5. The lowest BCUT2D eigenvalue weighted by molar-refractivity contribution is -0.0968. The van der Waals surface area contributed by atoms with E-state index in [1.54, 1.807) is 0 Å². The number of hydrogen-bond donors (Lipinski definition) is 0. The van der Waals surface area contributed by atoms with Crippen LogP contribution in [-0.4, -0.2) is 0 Å². The van der Waals surface area contributed by atoms with Gasteiger partial charge in [0.15, 0.2) is 11.5 Å². The Morgan fingerprint density at radius 3 is 0.796 bits per heavy atom.